The summed E-state index contributed by atoms with van der Waals surface area (Å²) in [6, 6.07) is 21.2. The van der Waals surface area contributed by atoms with E-state index in [1.54, 1.807) is 0 Å². The summed E-state index contributed by atoms with van der Waals surface area (Å²) in [5.74, 6) is 0. The van der Waals surface area contributed by atoms with Gasteiger partial charge in [-0.1, -0.05) is 54.1 Å². The third kappa shape index (κ3) is 2.85. The van der Waals surface area contributed by atoms with Crippen LogP contribution in [0.25, 0.3) is 21.8 Å². The van der Waals surface area contributed by atoms with Crippen molar-refractivity contribution in [3.63, 3.8) is 0 Å². The van der Waals surface area contributed by atoms with Gasteiger partial charge in [0.15, 0.2) is 0 Å². The molecule has 0 fully saturated rings. The lowest BCUT2D eigenvalue weighted by molar-refractivity contribution is 1.09. The number of fused-ring (bicyclic) bond motifs is 2. The summed E-state index contributed by atoms with van der Waals surface area (Å²) < 4.78 is 0. The molecule has 1 aromatic heterocycles. The molecule has 0 unspecified atom stereocenters. The molecule has 2 heteroatoms. The lowest BCUT2D eigenvalue weighted by Crippen LogP contribution is -2.05. The monoisotopic (exact) mass is 326 g/mol. The fourth-order valence-corrected chi connectivity index (χ4v) is 3.70. The van der Waals surface area contributed by atoms with E-state index in [4.69, 9.17) is 4.98 Å². The number of nitrogens with one attached hydrogen (secondary N) is 1. The van der Waals surface area contributed by atoms with Gasteiger partial charge in [0.05, 0.1) is 16.7 Å². The second-order valence-corrected chi connectivity index (χ2v) is 6.75. The van der Waals surface area contributed by atoms with Crippen molar-refractivity contribution in [1.29, 1.82) is 0 Å². The normalized spacial score (nSPS) is 11.2. The molecule has 0 aliphatic rings. The van der Waals surface area contributed by atoms with Crippen molar-refractivity contribution in [3.05, 3.63) is 82.9 Å². The van der Waals surface area contributed by atoms with Gasteiger partial charge in [0.2, 0.25) is 0 Å². The highest BCUT2D eigenvalue weighted by atomic mass is 14.9. The molecule has 0 radical (unpaired) electrons. The lowest BCUT2D eigenvalue weighted by atomic mass is 9.99. The number of aromatic nitrogens is 1. The van der Waals surface area contributed by atoms with Crippen LogP contribution in [0.15, 0.2) is 60.7 Å². The van der Waals surface area contributed by atoms with E-state index in [9.17, 15) is 0 Å². The van der Waals surface area contributed by atoms with Crippen molar-refractivity contribution in [2.75, 3.05) is 5.32 Å². The molecule has 0 saturated carbocycles. The summed E-state index contributed by atoms with van der Waals surface area (Å²) in [5.41, 5.74) is 8.59. The maximum absolute atomic E-state index is 4.80. The van der Waals surface area contributed by atoms with Crippen LogP contribution in [-0.4, -0.2) is 4.98 Å². The van der Waals surface area contributed by atoms with E-state index in [1.165, 1.54) is 38.7 Å². The molecule has 25 heavy (non-hydrogen) atoms. The van der Waals surface area contributed by atoms with Crippen molar-refractivity contribution in [2.24, 2.45) is 0 Å². The van der Waals surface area contributed by atoms with Crippen LogP contribution in [0.1, 0.15) is 22.3 Å². The Kier molecular flexibility index (Phi) is 3.89. The van der Waals surface area contributed by atoms with Gasteiger partial charge in [-0.2, -0.15) is 0 Å². The first-order valence-electron chi connectivity index (χ1n) is 8.71. The molecule has 1 N–H and O–H groups in total. The fourth-order valence-electron chi connectivity index (χ4n) is 3.70. The van der Waals surface area contributed by atoms with Crippen molar-refractivity contribution >= 4 is 27.5 Å². The number of benzene rings is 3. The highest BCUT2D eigenvalue weighted by Gasteiger charge is 2.10. The Labute approximate surface area is 148 Å². The zero-order chi connectivity index (χ0) is 17.4. The van der Waals surface area contributed by atoms with E-state index in [0.717, 1.165) is 17.6 Å². The van der Waals surface area contributed by atoms with E-state index >= 15 is 0 Å². The molecule has 0 saturated heterocycles. The highest BCUT2D eigenvalue weighted by molar-refractivity contribution is 6.07. The van der Waals surface area contributed by atoms with Crippen molar-refractivity contribution in [1.82, 2.24) is 4.98 Å². The molecule has 1 heterocycles. The molecule has 0 bridgehead atoms. The molecular weight excluding hydrogens is 304 g/mol. The number of rotatable bonds is 3. The number of nitrogens with zero attached hydrogens (tertiary/aromatic N) is 1. The fraction of sp³-hybridized carbons (Fsp3) is 0.174. The van der Waals surface area contributed by atoms with Crippen molar-refractivity contribution in [3.8, 4) is 0 Å². The average molecular weight is 326 g/mol. The topological polar surface area (TPSA) is 24.9 Å². The Morgan fingerprint density at radius 3 is 1.84 bits per heavy atom. The van der Waals surface area contributed by atoms with Crippen molar-refractivity contribution < 1.29 is 0 Å². The average Bonchev–Trinajstić information content (AvgIpc) is 2.60. The Bertz CT molecular complexity index is 1000. The van der Waals surface area contributed by atoms with Crippen LogP contribution in [0, 0.1) is 20.8 Å². The molecule has 2 nitrogen and oxygen atoms in total. The van der Waals surface area contributed by atoms with Gasteiger partial charge in [0.25, 0.3) is 0 Å². The van der Waals surface area contributed by atoms with Crippen LogP contribution in [0.3, 0.4) is 0 Å². The molecule has 4 aromatic rings. The summed E-state index contributed by atoms with van der Waals surface area (Å²) in [6.45, 7) is 7.36. The van der Waals surface area contributed by atoms with E-state index in [2.05, 4.69) is 74.6 Å². The predicted molar refractivity (Wildman–Crippen MR) is 107 cm³/mol. The number of hydrogen-bond donors (Lipinski definition) is 1. The van der Waals surface area contributed by atoms with Gasteiger partial charge < -0.3 is 5.32 Å². The Hall–Kier alpha value is -2.87. The van der Waals surface area contributed by atoms with Gasteiger partial charge in [-0.05, 0) is 49.6 Å². The van der Waals surface area contributed by atoms with E-state index in [0.29, 0.717) is 0 Å². The maximum Gasteiger partial charge on any atom is 0.0730 e. The second kappa shape index (κ2) is 6.21. The minimum Gasteiger partial charge on any atom is -0.380 e. The van der Waals surface area contributed by atoms with Crippen LogP contribution in [0.5, 0.6) is 0 Å². The van der Waals surface area contributed by atoms with Crippen LogP contribution in [0.4, 0.5) is 5.69 Å². The van der Waals surface area contributed by atoms with E-state index in [-0.39, 0.29) is 0 Å². The third-order valence-corrected chi connectivity index (χ3v) is 4.87. The van der Waals surface area contributed by atoms with E-state index < -0.39 is 0 Å². The number of aryl methyl sites for hydroxylation is 3. The van der Waals surface area contributed by atoms with Gasteiger partial charge >= 0.3 is 0 Å². The minimum atomic E-state index is 0.815. The summed E-state index contributed by atoms with van der Waals surface area (Å²) in [4.78, 5) is 4.80. The Morgan fingerprint density at radius 2 is 1.28 bits per heavy atom. The molecule has 0 amide bonds. The number of para-hydroxylation sites is 2. The Morgan fingerprint density at radius 1 is 0.760 bits per heavy atom. The smallest absolute Gasteiger partial charge is 0.0730 e. The molecule has 0 aliphatic carbocycles. The maximum atomic E-state index is 4.80. The standard InChI is InChI=1S/C23H22N2/c1-15-12-16(2)20(17(3)13-15)14-24-23-18-8-4-6-10-21(18)25-22-11-7-5-9-19(22)23/h4-13H,14H2,1-3H3,(H,24,25). The van der Waals surface area contributed by atoms with Crippen molar-refractivity contribution in [2.45, 2.75) is 27.3 Å². The van der Waals surface area contributed by atoms with Crippen LogP contribution >= 0.6 is 0 Å². The number of anilines is 1. The first kappa shape index (κ1) is 15.6. The quantitative estimate of drug-likeness (QED) is 0.472. The first-order valence-corrected chi connectivity index (χ1v) is 8.71. The summed E-state index contributed by atoms with van der Waals surface area (Å²) in [7, 11) is 0. The molecule has 3 aromatic carbocycles. The summed E-state index contributed by atoms with van der Waals surface area (Å²) in [5, 5.41) is 6.05. The van der Waals surface area contributed by atoms with Gasteiger partial charge in [0.1, 0.15) is 0 Å². The molecule has 0 spiro atoms. The van der Waals surface area contributed by atoms with Crippen LogP contribution in [0.2, 0.25) is 0 Å². The molecule has 124 valence electrons. The number of hydrogen-bond acceptors (Lipinski definition) is 2. The molecule has 0 atom stereocenters. The zero-order valence-corrected chi connectivity index (χ0v) is 14.9. The summed E-state index contributed by atoms with van der Waals surface area (Å²) in [6.07, 6.45) is 0. The zero-order valence-electron chi connectivity index (χ0n) is 14.9. The predicted octanol–water partition coefficient (Wildman–Crippen LogP) is 5.93. The van der Waals surface area contributed by atoms with Crippen LogP contribution < -0.4 is 5.32 Å². The third-order valence-electron chi connectivity index (χ3n) is 4.87. The first-order chi connectivity index (χ1) is 12.1. The van der Waals surface area contributed by atoms with Crippen LogP contribution in [-0.2, 0) is 6.54 Å². The molecular formula is C23H22N2. The van der Waals surface area contributed by atoms with Gasteiger partial charge in [-0.25, -0.2) is 4.98 Å². The van der Waals surface area contributed by atoms with Gasteiger partial charge in [-0.3, -0.25) is 0 Å². The largest absolute Gasteiger partial charge is 0.380 e. The Balaban J connectivity index is 1.83. The lowest BCUT2D eigenvalue weighted by Gasteiger charge is -2.16. The van der Waals surface area contributed by atoms with E-state index in [1.807, 2.05) is 12.1 Å². The minimum absolute atomic E-state index is 0.815. The summed E-state index contributed by atoms with van der Waals surface area (Å²) >= 11 is 0. The van der Waals surface area contributed by atoms with Gasteiger partial charge in [-0.15, -0.1) is 0 Å². The molecule has 0 aliphatic heterocycles. The SMILES string of the molecule is Cc1cc(C)c(CNc2c3ccccc3nc3ccccc23)c(C)c1. The van der Waals surface area contributed by atoms with Gasteiger partial charge in [0, 0.05) is 17.3 Å². The molecule has 4 rings (SSSR count). The second-order valence-electron chi connectivity index (χ2n) is 6.75. The number of pyridine rings is 1. The highest BCUT2D eigenvalue weighted by Crippen LogP contribution is 2.31.